The molecule has 1 amide bonds. The molecule has 0 spiro atoms. The van der Waals surface area contributed by atoms with Gasteiger partial charge in [-0.2, -0.15) is 0 Å². The summed E-state index contributed by atoms with van der Waals surface area (Å²) in [7, 11) is 0. The summed E-state index contributed by atoms with van der Waals surface area (Å²) in [6.07, 6.45) is 1.99. The van der Waals surface area contributed by atoms with Crippen LogP contribution >= 0.6 is 0 Å². The summed E-state index contributed by atoms with van der Waals surface area (Å²) in [5.41, 5.74) is 6.46. The first-order chi connectivity index (χ1) is 7.36. The lowest BCUT2D eigenvalue weighted by Gasteiger charge is -2.12. The van der Waals surface area contributed by atoms with Crippen molar-refractivity contribution < 1.29 is 4.79 Å². The quantitative estimate of drug-likeness (QED) is 0.642. The maximum absolute atomic E-state index is 11.6. The molecule has 3 N–H and O–H groups in total. The zero-order valence-corrected chi connectivity index (χ0v) is 8.49. The van der Waals surface area contributed by atoms with Gasteiger partial charge in [-0.1, -0.05) is 18.2 Å². The van der Waals surface area contributed by atoms with Gasteiger partial charge in [0.25, 0.3) is 5.91 Å². The Morgan fingerprint density at radius 3 is 2.80 bits per heavy atom. The van der Waals surface area contributed by atoms with Crippen LogP contribution < -0.4 is 16.2 Å². The summed E-state index contributed by atoms with van der Waals surface area (Å²) in [6.45, 7) is 0.934. The van der Waals surface area contributed by atoms with Gasteiger partial charge >= 0.3 is 0 Å². The van der Waals surface area contributed by atoms with Gasteiger partial charge in [0.15, 0.2) is 0 Å². The Labute approximate surface area is 89.0 Å². The fourth-order valence-electron chi connectivity index (χ4n) is 1.65. The summed E-state index contributed by atoms with van der Waals surface area (Å²) in [6, 6.07) is 9.54. The van der Waals surface area contributed by atoms with E-state index in [-0.39, 0.29) is 11.9 Å². The van der Waals surface area contributed by atoms with Gasteiger partial charge in [0, 0.05) is 0 Å². The van der Waals surface area contributed by atoms with Crippen molar-refractivity contribution in [1.29, 1.82) is 0 Å². The molecule has 4 heteroatoms. The minimum atomic E-state index is -0.0405. The third kappa shape index (κ3) is 2.70. The molecule has 0 radical (unpaired) electrons. The van der Waals surface area contributed by atoms with Gasteiger partial charge in [0.1, 0.15) is 0 Å². The summed E-state index contributed by atoms with van der Waals surface area (Å²) >= 11 is 0. The minimum absolute atomic E-state index is 0.0105. The largest absolute Gasteiger partial charge is 0.306 e. The zero-order valence-electron chi connectivity index (χ0n) is 8.49. The van der Waals surface area contributed by atoms with Crippen LogP contribution in [0, 0.1) is 0 Å². The van der Waals surface area contributed by atoms with E-state index in [0.717, 1.165) is 25.1 Å². The van der Waals surface area contributed by atoms with Crippen LogP contribution in [0.15, 0.2) is 30.3 Å². The Morgan fingerprint density at radius 1 is 1.33 bits per heavy atom. The van der Waals surface area contributed by atoms with Crippen molar-refractivity contribution >= 4 is 11.6 Å². The number of carbonyl (C=O) groups excluding carboxylic acids is 1. The molecular weight excluding hydrogens is 190 g/mol. The Hall–Kier alpha value is -1.55. The first kappa shape index (κ1) is 9.98. The van der Waals surface area contributed by atoms with Crippen LogP contribution in [0.3, 0.4) is 0 Å². The molecule has 1 saturated heterocycles. The van der Waals surface area contributed by atoms with E-state index in [0.29, 0.717) is 0 Å². The third-order valence-corrected chi connectivity index (χ3v) is 2.48. The first-order valence-electron chi connectivity index (χ1n) is 5.20. The fourth-order valence-corrected chi connectivity index (χ4v) is 1.65. The van der Waals surface area contributed by atoms with E-state index < -0.39 is 0 Å². The van der Waals surface area contributed by atoms with E-state index >= 15 is 0 Å². The SMILES string of the molecule is O=C(NNc1ccccc1)C1CCCN1. The molecule has 1 fully saturated rings. The monoisotopic (exact) mass is 205 g/mol. The van der Waals surface area contributed by atoms with E-state index in [9.17, 15) is 4.79 Å². The van der Waals surface area contributed by atoms with Gasteiger partial charge in [-0.05, 0) is 31.5 Å². The predicted molar refractivity (Wildman–Crippen MR) is 59.2 cm³/mol. The summed E-state index contributed by atoms with van der Waals surface area (Å²) in [4.78, 5) is 11.6. The Bertz CT molecular complexity index is 320. The van der Waals surface area contributed by atoms with Crippen molar-refractivity contribution in [2.75, 3.05) is 12.0 Å². The molecular formula is C11H15N3O. The molecule has 0 saturated carbocycles. The topological polar surface area (TPSA) is 53.2 Å². The third-order valence-electron chi connectivity index (χ3n) is 2.48. The number of hydrogen-bond donors (Lipinski definition) is 3. The number of hydrazine groups is 1. The van der Waals surface area contributed by atoms with Crippen LogP contribution in [0.4, 0.5) is 5.69 Å². The minimum Gasteiger partial charge on any atom is -0.306 e. The molecule has 4 nitrogen and oxygen atoms in total. The number of hydrogen-bond acceptors (Lipinski definition) is 3. The maximum Gasteiger partial charge on any atom is 0.255 e. The molecule has 0 aromatic heterocycles. The molecule has 2 rings (SSSR count). The van der Waals surface area contributed by atoms with Gasteiger partial charge in [-0.15, -0.1) is 0 Å². The molecule has 1 aromatic carbocycles. The fraction of sp³-hybridized carbons (Fsp3) is 0.364. The number of carbonyl (C=O) groups is 1. The van der Waals surface area contributed by atoms with Crippen LogP contribution in [0.5, 0.6) is 0 Å². The molecule has 80 valence electrons. The Morgan fingerprint density at radius 2 is 2.13 bits per heavy atom. The van der Waals surface area contributed by atoms with Crippen molar-refractivity contribution in [2.24, 2.45) is 0 Å². The molecule has 1 aliphatic rings. The number of rotatable bonds is 3. The van der Waals surface area contributed by atoms with Crippen molar-refractivity contribution in [3.63, 3.8) is 0 Å². The lowest BCUT2D eigenvalue weighted by atomic mass is 10.2. The van der Waals surface area contributed by atoms with E-state index in [1.54, 1.807) is 0 Å². The second-order valence-electron chi connectivity index (χ2n) is 3.63. The predicted octanol–water partition coefficient (Wildman–Crippen LogP) is 0.882. The normalized spacial score (nSPS) is 19.9. The van der Waals surface area contributed by atoms with Crippen LogP contribution in [-0.2, 0) is 4.79 Å². The standard InChI is InChI=1S/C11H15N3O/c15-11(10-7-4-8-12-10)14-13-9-5-2-1-3-6-9/h1-3,5-6,10,12-13H,4,7-8H2,(H,14,15). The maximum atomic E-state index is 11.6. The van der Waals surface area contributed by atoms with Crippen molar-refractivity contribution in [2.45, 2.75) is 18.9 Å². The number of amides is 1. The van der Waals surface area contributed by atoms with Gasteiger partial charge in [0.05, 0.1) is 11.7 Å². The number of nitrogens with one attached hydrogen (secondary N) is 3. The number of anilines is 1. The van der Waals surface area contributed by atoms with Gasteiger partial charge in [0.2, 0.25) is 0 Å². The zero-order chi connectivity index (χ0) is 10.5. The molecule has 0 bridgehead atoms. The van der Waals surface area contributed by atoms with Crippen LogP contribution in [-0.4, -0.2) is 18.5 Å². The molecule has 1 unspecified atom stereocenters. The van der Waals surface area contributed by atoms with Gasteiger partial charge in [-0.25, -0.2) is 0 Å². The summed E-state index contributed by atoms with van der Waals surface area (Å²) < 4.78 is 0. The highest BCUT2D eigenvalue weighted by Crippen LogP contribution is 2.06. The highest BCUT2D eigenvalue weighted by atomic mass is 16.2. The lowest BCUT2D eigenvalue weighted by molar-refractivity contribution is -0.122. The van der Waals surface area contributed by atoms with Crippen LogP contribution in [0.2, 0.25) is 0 Å². The van der Waals surface area contributed by atoms with Gasteiger partial charge in [-0.3, -0.25) is 15.6 Å². The smallest absolute Gasteiger partial charge is 0.255 e. The summed E-state index contributed by atoms with van der Waals surface area (Å²) in [5, 5.41) is 3.14. The molecule has 1 aromatic rings. The molecule has 1 heterocycles. The van der Waals surface area contributed by atoms with E-state index in [1.165, 1.54) is 0 Å². The second-order valence-corrected chi connectivity index (χ2v) is 3.63. The van der Waals surface area contributed by atoms with E-state index in [4.69, 9.17) is 0 Å². The average molecular weight is 205 g/mol. The lowest BCUT2D eigenvalue weighted by Crippen LogP contribution is -2.42. The Kier molecular flexibility index (Phi) is 3.19. The van der Waals surface area contributed by atoms with Gasteiger partial charge < -0.3 is 5.32 Å². The van der Waals surface area contributed by atoms with Crippen molar-refractivity contribution in [1.82, 2.24) is 10.7 Å². The van der Waals surface area contributed by atoms with Crippen LogP contribution in [0.25, 0.3) is 0 Å². The highest BCUT2D eigenvalue weighted by molar-refractivity contribution is 5.83. The van der Waals surface area contributed by atoms with E-state index in [2.05, 4.69) is 16.2 Å². The number of benzene rings is 1. The van der Waals surface area contributed by atoms with Crippen molar-refractivity contribution in [3.05, 3.63) is 30.3 Å². The second kappa shape index (κ2) is 4.79. The molecule has 0 aliphatic carbocycles. The molecule has 15 heavy (non-hydrogen) atoms. The van der Waals surface area contributed by atoms with Crippen LogP contribution in [0.1, 0.15) is 12.8 Å². The summed E-state index contributed by atoms with van der Waals surface area (Å²) in [5.74, 6) is 0.0105. The average Bonchev–Trinajstić information content (AvgIpc) is 2.81. The Balaban J connectivity index is 1.80. The first-order valence-corrected chi connectivity index (χ1v) is 5.20. The highest BCUT2D eigenvalue weighted by Gasteiger charge is 2.21. The molecule has 1 atom stereocenters. The van der Waals surface area contributed by atoms with Crippen molar-refractivity contribution in [3.8, 4) is 0 Å². The molecule has 1 aliphatic heterocycles. The van der Waals surface area contributed by atoms with E-state index in [1.807, 2.05) is 30.3 Å². The number of para-hydroxylation sites is 1.